The number of methoxy groups -OCH3 is 1. The predicted molar refractivity (Wildman–Crippen MR) is 68.1 cm³/mol. The number of nitrogens with zero attached hydrogens (tertiary/aromatic N) is 2. The number of amides is 1. The summed E-state index contributed by atoms with van der Waals surface area (Å²) >= 11 is 0. The Balaban J connectivity index is 2.45. The maximum Gasteiger partial charge on any atom is 0.329 e. The number of nitrogens with one attached hydrogen (secondary N) is 2. The first-order valence-corrected chi connectivity index (χ1v) is 5.86. The number of esters is 1. The van der Waals surface area contributed by atoms with E-state index in [0.717, 1.165) is 11.4 Å². The van der Waals surface area contributed by atoms with Crippen molar-refractivity contribution in [2.24, 2.45) is 0 Å². The molecule has 0 aliphatic rings. The summed E-state index contributed by atoms with van der Waals surface area (Å²) in [5, 5.41) is 5.54. The molecule has 1 amide bonds. The summed E-state index contributed by atoms with van der Waals surface area (Å²) in [6.45, 7) is 3.93. The second kappa shape index (κ2) is 7.42. The summed E-state index contributed by atoms with van der Waals surface area (Å²) in [7, 11) is 1.28. The number of carbonyl (C=O) groups excluding carboxylic acids is 2. The fraction of sp³-hybridized carbons (Fsp3) is 0.500. The Morgan fingerprint density at radius 2 is 2.11 bits per heavy atom. The van der Waals surface area contributed by atoms with Gasteiger partial charge in [-0.1, -0.05) is 0 Å². The van der Waals surface area contributed by atoms with Crippen LogP contribution in [0.4, 0.5) is 0 Å². The van der Waals surface area contributed by atoms with Gasteiger partial charge in [0.15, 0.2) is 0 Å². The average Bonchev–Trinajstić information content (AvgIpc) is 2.38. The maximum absolute atomic E-state index is 11.4. The van der Waals surface area contributed by atoms with Crippen molar-refractivity contribution in [1.82, 2.24) is 20.6 Å². The summed E-state index contributed by atoms with van der Waals surface area (Å²) in [6.07, 6.45) is 3.33. The lowest BCUT2D eigenvalue weighted by atomic mass is 10.3. The number of rotatable bonds is 6. The summed E-state index contributed by atoms with van der Waals surface area (Å²) in [5.41, 5.74) is 1.60. The van der Waals surface area contributed by atoms with Crippen LogP contribution in [0.3, 0.4) is 0 Å². The van der Waals surface area contributed by atoms with Crippen molar-refractivity contribution < 1.29 is 14.3 Å². The quantitative estimate of drug-likeness (QED) is 0.678. The minimum absolute atomic E-state index is 0.266. The first-order valence-electron chi connectivity index (χ1n) is 5.86. The molecule has 0 bridgehead atoms. The van der Waals surface area contributed by atoms with E-state index in [-0.39, 0.29) is 12.5 Å². The van der Waals surface area contributed by atoms with Crippen LogP contribution in [0, 0.1) is 6.92 Å². The van der Waals surface area contributed by atoms with E-state index < -0.39 is 12.0 Å². The Bertz CT molecular complexity index is 433. The molecule has 0 spiro atoms. The van der Waals surface area contributed by atoms with Crippen molar-refractivity contribution in [1.29, 1.82) is 0 Å². The van der Waals surface area contributed by atoms with Crippen LogP contribution in [0.25, 0.3) is 0 Å². The summed E-state index contributed by atoms with van der Waals surface area (Å²) in [6, 6.07) is -0.707. The standard InChI is InChI=1S/C12H18N4O3/c1-8-4-15-10(6-14-8)5-13-7-11(12(18)19-3)16-9(2)17/h4,6,11,13H,5,7H2,1-3H3,(H,16,17). The molecule has 0 fully saturated rings. The van der Waals surface area contributed by atoms with Gasteiger partial charge in [-0.2, -0.15) is 0 Å². The van der Waals surface area contributed by atoms with Gasteiger partial charge in [0.25, 0.3) is 0 Å². The normalized spacial score (nSPS) is 11.7. The van der Waals surface area contributed by atoms with E-state index in [0.29, 0.717) is 6.54 Å². The molecule has 1 atom stereocenters. The Hall–Kier alpha value is -2.02. The van der Waals surface area contributed by atoms with E-state index in [4.69, 9.17) is 0 Å². The highest BCUT2D eigenvalue weighted by Gasteiger charge is 2.19. The minimum Gasteiger partial charge on any atom is -0.467 e. The van der Waals surface area contributed by atoms with Gasteiger partial charge < -0.3 is 15.4 Å². The molecule has 104 valence electrons. The number of aryl methyl sites for hydroxylation is 1. The smallest absolute Gasteiger partial charge is 0.329 e. The molecule has 1 unspecified atom stereocenters. The van der Waals surface area contributed by atoms with Crippen molar-refractivity contribution in [2.75, 3.05) is 13.7 Å². The second-order valence-corrected chi connectivity index (χ2v) is 4.06. The van der Waals surface area contributed by atoms with E-state index in [1.807, 2.05) is 6.92 Å². The van der Waals surface area contributed by atoms with Crippen LogP contribution in [-0.4, -0.2) is 41.5 Å². The van der Waals surface area contributed by atoms with Crippen LogP contribution in [0.15, 0.2) is 12.4 Å². The van der Waals surface area contributed by atoms with Crippen molar-refractivity contribution >= 4 is 11.9 Å². The van der Waals surface area contributed by atoms with Crippen LogP contribution < -0.4 is 10.6 Å². The third-order valence-corrected chi connectivity index (χ3v) is 2.35. The lowest BCUT2D eigenvalue weighted by Gasteiger charge is -2.15. The van der Waals surface area contributed by atoms with Crippen molar-refractivity contribution in [3.05, 3.63) is 23.8 Å². The molecule has 1 aromatic rings. The average molecular weight is 266 g/mol. The zero-order chi connectivity index (χ0) is 14.3. The maximum atomic E-state index is 11.4. The lowest BCUT2D eigenvalue weighted by molar-refractivity contribution is -0.144. The van der Waals surface area contributed by atoms with Crippen molar-refractivity contribution in [3.63, 3.8) is 0 Å². The van der Waals surface area contributed by atoms with Crippen molar-refractivity contribution in [3.8, 4) is 0 Å². The fourth-order valence-corrected chi connectivity index (χ4v) is 1.44. The molecule has 0 aromatic carbocycles. The molecule has 0 radical (unpaired) electrons. The van der Waals surface area contributed by atoms with E-state index in [1.54, 1.807) is 12.4 Å². The highest BCUT2D eigenvalue weighted by Crippen LogP contribution is 1.94. The topological polar surface area (TPSA) is 93.2 Å². The Morgan fingerprint density at radius 1 is 1.37 bits per heavy atom. The molecule has 0 saturated carbocycles. The van der Waals surface area contributed by atoms with E-state index >= 15 is 0 Å². The molecule has 1 heterocycles. The molecule has 0 aliphatic carbocycles. The third-order valence-electron chi connectivity index (χ3n) is 2.35. The SMILES string of the molecule is COC(=O)C(CNCc1cnc(C)cn1)NC(C)=O. The number of hydrogen-bond donors (Lipinski definition) is 2. The van der Waals surface area contributed by atoms with E-state index in [9.17, 15) is 9.59 Å². The highest BCUT2D eigenvalue weighted by atomic mass is 16.5. The molecule has 2 N–H and O–H groups in total. The van der Waals surface area contributed by atoms with E-state index in [1.165, 1.54) is 14.0 Å². The zero-order valence-electron chi connectivity index (χ0n) is 11.3. The number of ether oxygens (including phenoxy) is 1. The molecular formula is C12H18N4O3. The van der Waals surface area contributed by atoms with Gasteiger partial charge in [-0.25, -0.2) is 4.79 Å². The Morgan fingerprint density at radius 3 is 2.63 bits per heavy atom. The fourth-order valence-electron chi connectivity index (χ4n) is 1.44. The first kappa shape index (κ1) is 15.0. The molecule has 1 rings (SSSR count). The van der Waals surface area contributed by atoms with Gasteiger partial charge in [0, 0.05) is 32.4 Å². The van der Waals surface area contributed by atoms with Gasteiger partial charge in [0.2, 0.25) is 5.91 Å². The summed E-state index contributed by atoms with van der Waals surface area (Å²) < 4.78 is 4.61. The van der Waals surface area contributed by atoms with Gasteiger partial charge in [-0.05, 0) is 6.92 Å². The van der Waals surface area contributed by atoms with Gasteiger partial charge in [-0.3, -0.25) is 14.8 Å². The highest BCUT2D eigenvalue weighted by molar-refractivity contribution is 5.83. The van der Waals surface area contributed by atoms with Crippen LogP contribution in [0.2, 0.25) is 0 Å². The molecule has 0 aliphatic heterocycles. The number of hydrogen-bond acceptors (Lipinski definition) is 6. The summed E-state index contributed by atoms with van der Waals surface area (Å²) in [4.78, 5) is 30.7. The molecule has 0 saturated heterocycles. The predicted octanol–water partition coefficient (Wildman–Crippen LogP) is -0.448. The summed E-state index contributed by atoms with van der Waals surface area (Å²) in [5.74, 6) is -0.773. The van der Waals surface area contributed by atoms with Gasteiger partial charge in [0.05, 0.1) is 18.5 Å². The molecule has 7 nitrogen and oxygen atoms in total. The van der Waals surface area contributed by atoms with Crippen LogP contribution in [0.5, 0.6) is 0 Å². The van der Waals surface area contributed by atoms with Crippen LogP contribution in [-0.2, 0) is 20.9 Å². The molecule has 1 aromatic heterocycles. The number of aromatic nitrogens is 2. The Labute approximate surface area is 111 Å². The minimum atomic E-state index is -0.707. The second-order valence-electron chi connectivity index (χ2n) is 4.06. The van der Waals surface area contributed by atoms with E-state index in [2.05, 4.69) is 25.3 Å². The van der Waals surface area contributed by atoms with Crippen LogP contribution in [0.1, 0.15) is 18.3 Å². The van der Waals surface area contributed by atoms with Gasteiger partial charge in [0.1, 0.15) is 6.04 Å². The molecule has 7 heteroatoms. The monoisotopic (exact) mass is 266 g/mol. The first-order chi connectivity index (χ1) is 9.02. The zero-order valence-corrected chi connectivity index (χ0v) is 11.3. The largest absolute Gasteiger partial charge is 0.467 e. The number of carbonyl (C=O) groups is 2. The van der Waals surface area contributed by atoms with Gasteiger partial charge in [-0.15, -0.1) is 0 Å². The van der Waals surface area contributed by atoms with Gasteiger partial charge >= 0.3 is 5.97 Å². The Kier molecular flexibility index (Phi) is 5.87. The van der Waals surface area contributed by atoms with Crippen molar-refractivity contribution in [2.45, 2.75) is 26.4 Å². The third kappa shape index (κ3) is 5.43. The lowest BCUT2D eigenvalue weighted by Crippen LogP contribution is -2.47. The van der Waals surface area contributed by atoms with Crippen LogP contribution >= 0.6 is 0 Å². The molecule has 19 heavy (non-hydrogen) atoms. The molecular weight excluding hydrogens is 248 g/mol.